The summed E-state index contributed by atoms with van der Waals surface area (Å²) in [6.45, 7) is 2.82. The summed E-state index contributed by atoms with van der Waals surface area (Å²) in [6.07, 6.45) is 1.67. The molecular formula is C11H12ClN3. The molecule has 0 atom stereocenters. The Morgan fingerprint density at radius 3 is 2.93 bits per heavy atom. The molecule has 0 spiro atoms. The maximum absolute atomic E-state index is 5.94. The minimum Gasteiger partial charge on any atom is -0.396 e. The van der Waals surface area contributed by atoms with Crippen LogP contribution in [0, 0.1) is 0 Å². The summed E-state index contributed by atoms with van der Waals surface area (Å²) in [5.41, 5.74) is 8.48. The van der Waals surface area contributed by atoms with E-state index in [1.165, 1.54) is 0 Å². The molecule has 0 saturated heterocycles. The lowest BCUT2D eigenvalue weighted by atomic mass is 10.1. The van der Waals surface area contributed by atoms with Crippen molar-refractivity contribution in [3.8, 4) is 11.3 Å². The van der Waals surface area contributed by atoms with Gasteiger partial charge in [-0.1, -0.05) is 23.7 Å². The molecule has 0 aliphatic carbocycles. The highest BCUT2D eigenvalue weighted by molar-refractivity contribution is 6.30. The fourth-order valence-corrected chi connectivity index (χ4v) is 1.78. The third kappa shape index (κ3) is 1.83. The number of halogens is 1. The predicted octanol–water partition coefficient (Wildman–Crippen LogP) is 2.81. The summed E-state index contributed by atoms with van der Waals surface area (Å²) in [5.74, 6) is 0. The van der Waals surface area contributed by atoms with Crippen molar-refractivity contribution in [2.75, 3.05) is 5.73 Å². The van der Waals surface area contributed by atoms with Crippen molar-refractivity contribution in [1.29, 1.82) is 0 Å². The van der Waals surface area contributed by atoms with E-state index in [1.54, 1.807) is 6.20 Å². The smallest absolute Gasteiger partial charge is 0.0912 e. The number of nitrogens with two attached hydrogens (primary N) is 1. The molecule has 1 heterocycles. The van der Waals surface area contributed by atoms with Gasteiger partial charge in [-0.05, 0) is 19.1 Å². The first kappa shape index (κ1) is 10.1. The highest BCUT2D eigenvalue weighted by atomic mass is 35.5. The number of benzene rings is 1. The molecule has 0 fully saturated rings. The first-order chi connectivity index (χ1) is 7.22. The molecule has 2 N–H and O–H groups in total. The van der Waals surface area contributed by atoms with Crippen LogP contribution in [0.3, 0.4) is 0 Å². The van der Waals surface area contributed by atoms with Crippen LogP contribution in [0.25, 0.3) is 11.3 Å². The lowest BCUT2D eigenvalue weighted by Crippen LogP contribution is -2.00. The van der Waals surface area contributed by atoms with E-state index in [9.17, 15) is 0 Å². The van der Waals surface area contributed by atoms with E-state index < -0.39 is 0 Å². The summed E-state index contributed by atoms with van der Waals surface area (Å²) in [6, 6.07) is 7.62. The van der Waals surface area contributed by atoms with Crippen LogP contribution in [0.1, 0.15) is 6.92 Å². The molecule has 2 aromatic rings. The molecule has 2 rings (SSSR count). The summed E-state index contributed by atoms with van der Waals surface area (Å²) >= 11 is 5.94. The van der Waals surface area contributed by atoms with Gasteiger partial charge in [-0.2, -0.15) is 5.10 Å². The number of aryl methyl sites for hydroxylation is 1. The summed E-state index contributed by atoms with van der Waals surface area (Å²) in [5, 5.41) is 4.89. The maximum atomic E-state index is 5.94. The molecule has 0 amide bonds. The topological polar surface area (TPSA) is 43.8 Å². The van der Waals surface area contributed by atoms with Crippen molar-refractivity contribution in [3.63, 3.8) is 0 Å². The van der Waals surface area contributed by atoms with Crippen molar-refractivity contribution in [2.24, 2.45) is 0 Å². The van der Waals surface area contributed by atoms with Gasteiger partial charge in [0.1, 0.15) is 0 Å². The number of nitrogen functional groups attached to an aromatic ring is 1. The number of hydrogen-bond donors (Lipinski definition) is 1. The molecule has 1 aromatic carbocycles. The minimum atomic E-state index is 0.680. The normalized spacial score (nSPS) is 10.5. The van der Waals surface area contributed by atoms with Crippen molar-refractivity contribution in [1.82, 2.24) is 9.78 Å². The molecule has 15 heavy (non-hydrogen) atoms. The Bertz CT molecular complexity index is 476. The molecule has 1 aromatic heterocycles. The molecule has 0 aliphatic heterocycles. The standard InChI is InChI=1S/C11H12ClN3/c1-2-15-11(10(13)7-14-15)8-4-3-5-9(12)6-8/h3-7H,2,13H2,1H3. The van der Waals surface area contributed by atoms with E-state index in [0.29, 0.717) is 10.7 Å². The van der Waals surface area contributed by atoms with Crippen LogP contribution >= 0.6 is 11.6 Å². The lowest BCUT2D eigenvalue weighted by molar-refractivity contribution is 0.667. The Labute approximate surface area is 93.5 Å². The van der Waals surface area contributed by atoms with Crippen LogP contribution in [0.15, 0.2) is 30.5 Å². The maximum Gasteiger partial charge on any atom is 0.0912 e. The molecule has 0 aliphatic rings. The van der Waals surface area contributed by atoms with Gasteiger partial charge in [-0.25, -0.2) is 0 Å². The van der Waals surface area contributed by atoms with E-state index in [2.05, 4.69) is 5.10 Å². The monoisotopic (exact) mass is 221 g/mol. The van der Waals surface area contributed by atoms with E-state index in [0.717, 1.165) is 17.8 Å². The zero-order valence-corrected chi connectivity index (χ0v) is 9.20. The zero-order chi connectivity index (χ0) is 10.8. The summed E-state index contributed by atoms with van der Waals surface area (Å²) < 4.78 is 1.86. The average molecular weight is 222 g/mol. The van der Waals surface area contributed by atoms with Gasteiger partial charge in [0.15, 0.2) is 0 Å². The molecule has 4 heteroatoms. The van der Waals surface area contributed by atoms with Gasteiger partial charge >= 0.3 is 0 Å². The van der Waals surface area contributed by atoms with Crippen LogP contribution in [0.2, 0.25) is 5.02 Å². The first-order valence-corrected chi connectivity index (χ1v) is 5.17. The van der Waals surface area contributed by atoms with Crippen molar-refractivity contribution >= 4 is 17.3 Å². The fraction of sp³-hybridized carbons (Fsp3) is 0.182. The number of anilines is 1. The zero-order valence-electron chi connectivity index (χ0n) is 8.44. The minimum absolute atomic E-state index is 0.680. The number of aromatic nitrogens is 2. The van der Waals surface area contributed by atoms with Crippen LogP contribution in [-0.4, -0.2) is 9.78 Å². The number of hydrogen-bond acceptors (Lipinski definition) is 2. The third-order valence-corrected chi connectivity index (χ3v) is 2.50. The highest BCUT2D eigenvalue weighted by Gasteiger charge is 2.09. The molecule has 0 bridgehead atoms. The Morgan fingerprint density at radius 1 is 1.47 bits per heavy atom. The number of nitrogens with zero attached hydrogens (tertiary/aromatic N) is 2. The van der Waals surface area contributed by atoms with E-state index in [1.807, 2.05) is 35.9 Å². The van der Waals surface area contributed by atoms with Gasteiger partial charge in [0, 0.05) is 17.1 Å². The molecule has 78 valence electrons. The third-order valence-electron chi connectivity index (χ3n) is 2.27. The van der Waals surface area contributed by atoms with E-state index >= 15 is 0 Å². The second-order valence-electron chi connectivity index (χ2n) is 3.27. The van der Waals surface area contributed by atoms with Gasteiger partial charge in [0.2, 0.25) is 0 Å². The average Bonchev–Trinajstić information content (AvgIpc) is 2.59. The van der Waals surface area contributed by atoms with E-state index in [-0.39, 0.29) is 0 Å². The Kier molecular flexibility index (Phi) is 2.64. The van der Waals surface area contributed by atoms with Gasteiger partial charge in [0.25, 0.3) is 0 Å². The summed E-state index contributed by atoms with van der Waals surface area (Å²) in [4.78, 5) is 0. The van der Waals surface area contributed by atoms with Crippen LogP contribution in [-0.2, 0) is 6.54 Å². The number of rotatable bonds is 2. The largest absolute Gasteiger partial charge is 0.396 e. The molecule has 0 radical (unpaired) electrons. The predicted molar refractivity (Wildman–Crippen MR) is 62.8 cm³/mol. The first-order valence-electron chi connectivity index (χ1n) is 4.79. The van der Waals surface area contributed by atoms with Crippen molar-refractivity contribution < 1.29 is 0 Å². The van der Waals surface area contributed by atoms with Crippen LogP contribution in [0.5, 0.6) is 0 Å². The second kappa shape index (κ2) is 3.95. The molecule has 0 unspecified atom stereocenters. The summed E-state index contributed by atoms with van der Waals surface area (Å²) in [7, 11) is 0. The van der Waals surface area contributed by atoms with Gasteiger partial charge in [-0.3, -0.25) is 4.68 Å². The van der Waals surface area contributed by atoms with Gasteiger partial charge in [0.05, 0.1) is 17.6 Å². The lowest BCUT2D eigenvalue weighted by Gasteiger charge is -2.06. The Hall–Kier alpha value is -1.48. The molecule has 3 nitrogen and oxygen atoms in total. The van der Waals surface area contributed by atoms with Crippen LogP contribution in [0.4, 0.5) is 5.69 Å². The van der Waals surface area contributed by atoms with Crippen LogP contribution < -0.4 is 5.73 Å². The molecule has 0 saturated carbocycles. The fourth-order valence-electron chi connectivity index (χ4n) is 1.59. The second-order valence-corrected chi connectivity index (χ2v) is 3.71. The van der Waals surface area contributed by atoms with Crippen molar-refractivity contribution in [2.45, 2.75) is 13.5 Å². The van der Waals surface area contributed by atoms with Crippen molar-refractivity contribution in [3.05, 3.63) is 35.5 Å². The Morgan fingerprint density at radius 2 is 2.27 bits per heavy atom. The Balaban J connectivity index is 2.57. The molecular weight excluding hydrogens is 210 g/mol. The quantitative estimate of drug-likeness (QED) is 0.848. The van der Waals surface area contributed by atoms with Gasteiger partial charge in [-0.15, -0.1) is 0 Å². The van der Waals surface area contributed by atoms with E-state index in [4.69, 9.17) is 17.3 Å². The SMILES string of the molecule is CCn1ncc(N)c1-c1cccc(Cl)c1. The van der Waals surface area contributed by atoms with Gasteiger partial charge < -0.3 is 5.73 Å². The highest BCUT2D eigenvalue weighted by Crippen LogP contribution is 2.27.